The summed E-state index contributed by atoms with van der Waals surface area (Å²) in [4.78, 5) is 61.1. The van der Waals surface area contributed by atoms with Crippen LogP contribution in [0.25, 0.3) is 0 Å². The fourth-order valence-corrected chi connectivity index (χ4v) is 12.0. The van der Waals surface area contributed by atoms with Crippen LogP contribution >= 0.6 is 7.82 Å². The minimum atomic E-state index is -5.34. The van der Waals surface area contributed by atoms with E-state index in [2.05, 4.69) is 50.5 Å². The molecular formula is C66H125N2O16P. The second kappa shape index (κ2) is 51.8. The molecule has 0 aromatic rings. The second-order valence-corrected chi connectivity index (χ2v) is 25.7. The number of hydrogen-bond donors (Lipinski definition) is 8. The van der Waals surface area contributed by atoms with Crippen LogP contribution in [0.4, 0.5) is 0 Å². The van der Waals surface area contributed by atoms with Crippen LogP contribution in [0.3, 0.4) is 0 Å². The van der Waals surface area contributed by atoms with Crippen molar-refractivity contribution in [2.75, 3.05) is 33.0 Å². The average molecular weight is 1230 g/mol. The predicted octanol–water partition coefficient (Wildman–Crippen LogP) is 12.8. The van der Waals surface area contributed by atoms with Gasteiger partial charge in [-0.3, -0.25) is 18.9 Å². The summed E-state index contributed by atoms with van der Waals surface area (Å²) in [7, 11) is -5.34. The molecule has 500 valence electrons. The lowest BCUT2D eigenvalue weighted by molar-refractivity contribution is -0.300. The molecule has 2 rings (SSSR count). The SMILES string of the molecule is CCCCCC/C=C\CCCCCCCCCC(=O)NC1[C@H](OC[C@H]2O[C@H](OP(=O)(O)O)C(NC(=O)CC(=O)CCCCCCCCCCC)[C@@H](OCCCCCCCCCC)[C@@H]2O)O[C@H](CCO)[C@@H](O)[C@@H]1OCC[C@H](CO)CCCCCCC. The Morgan fingerprint density at radius 3 is 1.47 bits per heavy atom. The quantitative estimate of drug-likeness (QED) is 0.0122. The van der Waals surface area contributed by atoms with Crippen molar-refractivity contribution in [3.8, 4) is 0 Å². The Labute approximate surface area is 514 Å². The number of ether oxygens (including phenoxy) is 5. The summed E-state index contributed by atoms with van der Waals surface area (Å²) >= 11 is 0. The van der Waals surface area contributed by atoms with Crippen molar-refractivity contribution in [1.82, 2.24) is 10.6 Å². The maximum atomic E-state index is 13.9. The molecule has 2 aliphatic rings. The van der Waals surface area contributed by atoms with E-state index in [1.54, 1.807) is 0 Å². The summed E-state index contributed by atoms with van der Waals surface area (Å²) in [6.45, 7) is 8.07. The molecule has 2 saturated heterocycles. The van der Waals surface area contributed by atoms with Crippen molar-refractivity contribution in [3.05, 3.63) is 12.2 Å². The van der Waals surface area contributed by atoms with Gasteiger partial charge in [0.15, 0.2) is 12.6 Å². The number of carbonyl (C=O) groups is 3. The fraction of sp³-hybridized carbons (Fsp3) is 0.924. The highest BCUT2D eigenvalue weighted by Gasteiger charge is 2.51. The van der Waals surface area contributed by atoms with Gasteiger partial charge in [0.2, 0.25) is 11.8 Å². The van der Waals surface area contributed by atoms with Crippen LogP contribution in [0.1, 0.15) is 291 Å². The first-order valence-electron chi connectivity index (χ1n) is 34.5. The van der Waals surface area contributed by atoms with Gasteiger partial charge in [0.25, 0.3) is 0 Å². The first-order chi connectivity index (χ1) is 41.2. The van der Waals surface area contributed by atoms with Crippen molar-refractivity contribution in [2.45, 2.75) is 352 Å². The van der Waals surface area contributed by atoms with Crippen LogP contribution in [-0.2, 0) is 47.2 Å². The summed E-state index contributed by atoms with van der Waals surface area (Å²) in [6, 6.07) is -2.60. The maximum absolute atomic E-state index is 13.9. The van der Waals surface area contributed by atoms with E-state index in [1.165, 1.54) is 57.8 Å². The number of Topliss-reactive ketones (excluding diaryl/α,β-unsaturated/α-hetero) is 1. The van der Waals surface area contributed by atoms with E-state index >= 15 is 0 Å². The van der Waals surface area contributed by atoms with Crippen molar-refractivity contribution in [1.29, 1.82) is 0 Å². The fourth-order valence-electron chi connectivity index (χ4n) is 11.5. The van der Waals surface area contributed by atoms with E-state index in [0.29, 0.717) is 25.7 Å². The Bertz CT molecular complexity index is 1710. The van der Waals surface area contributed by atoms with Crippen LogP contribution in [0.2, 0.25) is 0 Å². The molecule has 8 N–H and O–H groups in total. The van der Waals surface area contributed by atoms with E-state index < -0.39 is 88.0 Å². The summed E-state index contributed by atoms with van der Waals surface area (Å²) in [6.07, 6.45) is 32.0. The van der Waals surface area contributed by atoms with E-state index in [0.717, 1.165) is 154 Å². The van der Waals surface area contributed by atoms with Crippen molar-refractivity contribution < 1.29 is 77.4 Å². The van der Waals surface area contributed by atoms with E-state index in [1.807, 2.05) is 0 Å². The lowest BCUT2D eigenvalue weighted by atomic mass is 9.93. The summed E-state index contributed by atoms with van der Waals surface area (Å²) in [5.41, 5.74) is 0. The van der Waals surface area contributed by atoms with Gasteiger partial charge in [0, 0.05) is 39.3 Å². The topological polar surface area (TPSA) is 269 Å². The molecule has 0 aliphatic carbocycles. The molecular weight excluding hydrogens is 1110 g/mol. The Morgan fingerprint density at radius 2 is 0.941 bits per heavy atom. The highest BCUT2D eigenvalue weighted by atomic mass is 31.2. The zero-order chi connectivity index (χ0) is 62.2. The van der Waals surface area contributed by atoms with Gasteiger partial charge in [-0.25, -0.2) is 4.57 Å². The number of nitrogens with one attached hydrogen (secondary N) is 2. The van der Waals surface area contributed by atoms with E-state index in [4.69, 9.17) is 28.2 Å². The molecule has 0 radical (unpaired) electrons. The minimum Gasteiger partial charge on any atom is -0.396 e. The zero-order valence-electron chi connectivity index (χ0n) is 53.7. The number of phosphoric ester groups is 1. The molecule has 2 aliphatic heterocycles. The van der Waals surface area contributed by atoms with Crippen LogP contribution in [0, 0.1) is 5.92 Å². The number of aliphatic hydroxyl groups is 4. The van der Waals surface area contributed by atoms with Crippen LogP contribution in [-0.4, -0.2) is 142 Å². The monoisotopic (exact) mass is 1230 g/mol. The van der Waals surface area contributed by atoms with E-state index in [-0.39, 0.29) is 63.3 Å². The first-order valence-corrected chi connectivity index (χ1v) is 36.0. The summed E-state index contributed by atoms with van der Waals surface area (Å²) < 4.78 is 49.5. The van der Waals surface area contributed by atoms with Crippen LogP contribution in [0.15, 0.2) is 12.2 Å². The molecule has 0 aromatic carbocycles. The molecule has 0 spiro atoms. The zero-order valence-corrected chi connectivity index (χ0v) is 54.6. The van der Waals surface area contributed by atoms with Gasteiger partial charge < -0.3 is 64.5 Å². The molecule has 2 fully saturated rings. The normalized spacial score (nSPS) is 23.2. The number of rotatable bonds is 57. The number of hydrogen-bond acceptors (Lipinski definition) is 14. The number of unbranched alkanes of at least 4 members (excludes halogenated alkanes) is 30. The number of allylic oxidation sites excluding steroid dienone is 2. The van der Waals surface area contributed by atoms with Gasteiger partial charge in [-0.2, -0.15) is 0 Å². The van der Waals surface area contributed by atoms with Gasteiger partial charge >= 0.3 is 7.82 Å². The Kier molecular flexibility index (Phi) is 48.3. The maximum Gasteiger partial charge on any atom is 0.472 e. The molecule has 0 bridgehead atoms. The standard InChI is InChI=1S/C66H125N2O16P/c1-5-9-13-17-20-23-24-25-26-27-28-30-32-36-40-44-57(72)67-59-63(80-49-46-53(51-70)42-38-34-16-12-8-4)61(74)55(45-47-69)82-65(59)81-52-56-62(75)64(79-48-41-37-33-22-19-15-11-7-3)60(66(83-56)84-85(76,77)78)68-58(73)50-54(71)43-39-35-31-29-21-18-14-10-6-2/h23-24,53,55-56,59-66,69-70,74-75H,5-22,25-52H2,1-4H3,(H,67,72)(H,68,73)(H2,76,77,78)/b24-23-/t53-,55-,56-,59?,60?,61-,62-,63-,64-,65-,66-/m1/s1. The number of phosphoric acid groups is 1. The third kappa shape index (κ3) is 38.4. The van der Waals surface area contributed by atoms with Crippen LogP contribution in [0.5, 0.6) is 0 Å². The third-order valence-electron chi connectivity index (χ3n) is 16.8. The van der Waals surface area contributed by atoms with Gasteiger partial charge in [-0.15, -0.1) is 0 Å². The minimum absolute atomic E-state index is 0.0209. The predicted molar refractivity (Wildman–Crippen MR) is 336 cm³/mol. The van der Waals surface area contributed by atoms with E-state index in [9.17, 15) is 49.2 Å². The summed E-state index contributed by atoms with van der Waals surface area (Å²) in [5.74, 6) is -1.42. The molecule has 2 heterocycles. The number of carbonyl (C=O) groups excluding carboxylic acids is 3. The highest BCUT2D eigenvalue weighted by molar-refractivity contribution is 7.46. The number of ketones is 1. The molecule has 2 amide bonds. The number of amides is 2. The number of aliphatic hydroxyl groups excluding tert-OH is 4. The first kappa shape index (κ1) is 79.2. The largest absolute Gasteiger partial charge is 0.472 e. The Hall–Kier alpha value is -1.90. The molecule has 2 unspecified atom stereocenters. The van der Waals surface area contributed by atoms with Gasteiger partial charge in [0.1, 0.15) is 48.4 Å². The van der Waals surface area contributed by atoms with Gasteiger partial charge in [0.05, 0.1) is 19.1 Å². The molecule has 11 atom stereocenters. The smallest absolute Gasteiger partial charge is 0.396 e. The highest BCUT2D eigenvalue weighted by Crippen LogP contribution is 2.41. The van der Waals surface area contributed by atoms with Crippen molar-refractivity contribution >= 4 is 25.4 Å². The van der Waals surface area contributed by atoms with Crippen molar-refractivity contribution in [2.24, 2.45) is 5.92 Å². The summed E-state index contributed by atoms with van der Waals surface area (Å²) in [5, 5.41) is 50.2. The molecule has 0 aromatic heterocycles. The second-order valence-electron chi connectivity index (χ2n) is 24.5. The van der Waals surface area contributed by atoms with Crippen molar-refractivity contribution in [3.63, 3.8) is 0 Å². The van der Waals surface area contributed by atoms with Crippen LogP contribution < -0.4 is 10.6 Å². The lowest BCUT2D eigenvalue weighted by Crippen LogP contribution is -2.67. The average Bonchev–Trinajstić information content (AvgIpc) is 3.20. The Balaban J connectivity index is 2.33. The lowest BCUT2D eigenvalue weighted by Gasteiger charge is -2.47. The molecule has 0 saturated carbocycles. The molecule has 18 nitrogen and oxygen atoms in total. The third-order valence-corrected chi connectivity index (χ3v) is 17.3. The van der Waals surface area contributed by atoms with Gasteiger partial charge in [-0.1, -0.05) is 220 Å². The molecule has 19 heteroatoms. The van der Waals surface area contributed by atoms with Gasteiger partial charge in [-0.05, 0) is 70.1 Å². The Morgan fingerprint density at radius 1 is 0.506 bits per heavy atom. The molecule has 85 heavy (non-hydrogen) atoms.